The highest BCUT2D eigenvalue weighted by atomic mass is 16.5. The van der Waals surface area contributed by atoms with Gasteiger partial charge in [0.25, 0.3) is 0 Å². The predicted molar refractivity (Wildman–Crippen MR) is 66.6 cm³/mol. The van der Waals surface area contributed by atoms with Crippen molar-refractivity contribution in [2.75, 3.05) is 19.8 Å². The van der Waals surface area contributed by atoms with Gasteiger partial charge in [0.15, 0.2) is 0 Å². The first-order valence-corrected chi connectivity index (χ1v) is 5.94. The minimum atomic E-state index is 0.419. The summed E-state index contributed by atoms with van der Waals surface area (Å²) in [4.78, 5) is 4.09. The lowest BCUT2D eigenvalue weighted by molar-refractivity contribution is 0.127. The van der Waals surface area contributed by atoms with Gasteiger partial charge in [0, 0.05) is 25.0 Å². The van der Waals surface area contributed by atoms with Crippen LogP contribution >= 0.6 is 0 Å². The van der Waals surface area contributed by atoms with Crippen LogP contribution in [0, 0.1) is 6.92 Å². The zero-order valence-corrected chi connectivity index (χ0v) is 10.5. The second-order valence-electron chi connectivity index (χ2n) is 4.07. The van der Waals surface area contributed by atoms with Crippen LogP contribution in [0.2, 0.25) is 0 Å². The molecule has 0 bridgehead atoms. The van der Waals surface area contributed by atoms with E-state index in [-0.39, 0.29) is 0 Å². The summed E-state index contributed by atoms with van der Waals surface area (Å²) in [6, 6.07) is 2.51. The third-order valence-electron chi connectivity index (χ3n) is 2.60. The summed E-state index contributed by atoms with van der Waals surface area (Å²) in [5, 5.41) is 3.45. The molecule has 1 aromatic heterocycles. The Kier molecular flexibility index (Phi) is 6.04. The minimum Gasteiger partial charge on any atom is -0.380 e. The van der Waals surface area contributed by atoms with Crippen LogP contribution in [-0.4, -0.2) is 30.8 Å². The lowest BCUT2D eigenvalue weighted by Crippen LogP contribution is -2.32. The van der Waals surface area contributed by atoms with Crippen LogP contribution in [0.4, 0.5) is 0 Å². The first kappa shape index (κ1) is 13.1. The SMILES string of the molecule is CCOCC(C)NCCc1ccncc1C. The van der Waals surface area contributed by atoms with Gasteiger partial charge in [-0.1, -0.05) is 0 Å². The molecule has 3 nitrogen and oxygen atoms in total. The minimum absolute atomic E-state index is 0.419. The Morgan fingerprint density at radius 1 is 1.50 bits per heavy atom. The molecule has 1 unspecified atom stereocenters. The van der Waals surface area contributed by atoms with E-state index >= 15 is 0 Å². The molecule has 0 saturated heterocycles. The number of ether oxygens (including phenoxy) is 1. The van der Waals surface area contributed by atoms with E-state index in [9.17, 15) is 0 Å². The number of rotatable bonds is 7. The van der Waals surface area contributed by atoms with Crippen LogP contribution in [0.25, 0.3) is 0 Å². The third-order valence-corrected chi connectivity index (χ3v) is 2.60. The smallest absolute Gasteiger partial charge is 0.0616 e. The molecule has 0 saturated carbocycles. The van der Waals surface area contributed by atoms with Crippen molar-refractivity contribution >= 4 is 0 Å². The summed E-state index contributed by atoms with van der Waals surface area (Å²) in [6.07, 6.45) is 4.82. The molecule has 1 N–H and O–H groups in total. The topological polar surface area (TPSA) is 34.1 Å². The lowest BCUT2D eigenvalue weighted by Gasteiger charge is -2.13. The maximum absolute atomic E-state index is 5.35. The van der Waals surface area contributed by atoms with Gasteiger partial charge in [-0.25, -0.2) is 0 Å². The Morgan fingerprint density at radius 3 is 3.00 bits per heavy atom. The number of aromatic nitrogens is 1. The van der Waals surface area contributed by atoms with Gasteiger partial charge in [-0.05, 0) is 50.9 Å². The fourth-order valence-corrected chi connectivity index (χ4v) is 1.59. The Hall–Kier alpha value is -0.930. The molecule has 0 amide bonds. The van der Waals surface area contributed by atoms with E-state index in [1.807, 2.05) is 19.3 Å². The first-order valence-electron chi connectivity index (χ1n) is 5.94. The van der Waals surface area contributed by atoms with Crippen LogP contribution in [0.15, 0.2) is 18.5 Å². The molecule has 0 fully saturated rings. The number of nitrogens with zero attached hydrogens (tertiary/aromatic N) is 1. The Morgan fingerprint density at radius 2 is 2.31 bits per heavy atom. The fraction of sp³-hybridized carbons (Fsp3) is 0.615. The molecule has 0 aliphatic rings. The Labute approximate surface area is 98.2 Å². The summed E-state index contributed by atoms with van der Waals surface area (Å²) in [7, 11) is 0. The zero-order chi connectivity index (χ0) is 11.8. The van der Waals surface area contributed by atoms with Gasteiger partial charge in [0.05, 0.1) is 6.61 Å². The van der Waals surface area contributed by atoms with Crippen molar-refractivity contribution in [1.82, 2.24) is 10.3 Å². The molecule has 0 aromatic carbocycles. The average Bonchev–Trinajstić information content (AvgIpc) is 2.29. The van der Waals surface area contributed by atoms with E-state index in [4.69, 9.17) is 4.74 Å². The maximum atomic E-state index is 5.35. The number of aryl methyl sites for hydroxylation is 1. The van der Waals surface area contributed by atoms with Crippen molar-refractivity contribution in [3.05, 3.63) is 29.6 Å². The van der Waals surface area contributed by atoms with Crippen LogP contribution < -0.4 is 5.32 Å². The number of pyridine rings is 1. The van der Waals surface area contributed by atoms with Crippen molar-refractivity contribution in [2.24, 2.45) is 0 Å². The fourth-order valence-electron chi connectivity index (χ4n) is 1.59. The normalized spacial score (nSPS) is 12.7. The van der Waals surface area contributed by atoms with Gasteiger partial charge < -0.3 is 10.1 Å². The molecule has 90 valence electrons. The van der Waals surface area contributed by atoms with Gasteiger partial charge in [-0.3, -0.25) is 4.98 Å². The molecule has 0 aliphatic carbocycles. The molecular weight excluding hydrogens is 200 g/mol. The molecule has 1 atom stereocenters. The average molecular weight is 222 g/mol. The number of nitrogens with one attached hydrogen (secondary N) is 1. The van der Waals surface area contributed by atoms with E-state index in [0.717, 1.165) is 26.2 Å². The third kappa shape index (κ3) is 4.73. The van der Waals surface area contributed by atoms with Crippen molar-refractivity contribution in [2.45, 2.75) is 33.2 Å². The van der Waals surface area contributed by atoms with Gasteiger partial charge in [-0.2, -0.15) is 0 Å². The zero-order valence-electron chi connectivity index (χ0n) is 10.5. The molecular formula is C13H22N2O. The molecule has 0 radical (unpaired) electrons. The molecule has 1 rings (SSSR count). The Bertz CT molecular complexity index is 302. The molecule has 1 aromatic rings. The van der Waals surface area contributed by atoms with Crippen molar-refractivity contribution < 1.29 is 4.74 Å². The van der Waals surface area contributed by atoms with Crippen molar-refractivity contribution in [3.63, 3.8) is 0 Å². The van der Waals surface area contributed by atoms with Crippen LogP contribution in [-0.2, 0) is 11.2 Å². The number of hydrogen-bond donors (Lipinski definition) is 1. The Balaban J connectivity index is 2.23. The van der Waals surface area contributed by atoms with E-state index < -0.39 is 0 Å². The summed E-state index contributed by atoms with van der Waals surface area (Å²) in [5.74, 6) is 0. The van der Waals surface area contributed by atoms with Gasteiger partial charge in [0.2, 0.25) is 0 Å². The lowest BCUT2D eigenvalue weighted by atomic mass is 10.1. The van der Waals surface area contributed by atoms with Gasteiger partial charge >= 0.3 is 0 Å². The maximum Gasteiger partial charge on any atom is 0.0616 e. The van der Waals surface area contributed by atoms with Gasteiger partial charge in [-0.15, -0.1) is 0 Å². The standard InChI is InChI=1S/C13H22N2O/c1-4-16-10-12(3)15-8-6-13-5-7-14-9-11(13)2/h5,7,9,12,15H,4,6,8,10H2,1-3H3. The van der Waals surface area contributed by atoms with Crippen molar-refractivity contribution in [1.29, 1.82) is 0 Å². The van der Waals surface area contributed by atoms with E-state index in [2.05, 4.69) is 30.2 Å². The summed E-state index contributed by atoms with van der Waals surface area (Å²) in [6.45, 7) is 8.83. The van der Waals surface area contributed by atoms with E-state index in [1.54, 1.807) is 0 Å². The summed E-state index contributed by atoms with van der Waals surface area (Å²) < 4.78 is 5.35. The molecule has 16 heavy (non-hydrogen) atoms. The van der Waals surface area contributed by atoms with E-state index in [0.29, 0.717) is 6.04 Å². The monoisotopic (exact) mass is 222 g/mol. The highest BCUT2D eigenvalue weighted by Crippen LogP contribution is 2.04. The van der Waals surface area contributed by atoms with Gasteiger partial charge in [0.1, 0.15) is 0 Å². The number of hydrogen-bond acceptors (Lipinski definition) is 3. The largest absolute Gasteiger partial charge is 0.380 e. The second-order valence-corrected chi connectivity index (χ2v) is 4.07. The van der Waals surface area contributed by atoms with Crippen LogP contribution in [0.5, 0.6) is 0 Å². The summed E-state index contributed by atoms with van der Waals surface area (Å²) >= 11 is 0. The predicted octanol–water partition coefficient (Wildman–Crippen LogP) is 1.95. The highest BCUT2D eigenvalue weighted by Gasteiger charge is 2.01. The molecule has 1 heterocycles. The van der Waals surface area contributed by atoms with Crippen LogP contribution in [0.3, 0.4) is 0 Å². The summed E-state index contributed by atoms with van der Waals surface area (Å²) in [5.41, 5.74) is 2.63. The highest BCUT2D eigenvalue weighted by molar-refractivity contribution is 5.21. The molecule has 0 aliphatic heterocycles. The molecule has 3 heteroatoms. The first-order chi connectivity index (χ1) is 7.74. The quantitative estimate of drug-likeness (QED) is 0.765. The van der Waals surface area contributed by atoms with E-state index in [1.165, 1.54) is 11.1 Å². The van der Waals surface area contributed by atoms with Crippen LogP contribution in [0.1, 0.15) is 25.0 Å². The second kappa shape index (κ2) is 7.36. The molecule has 0 spiro atoms. The van der Waals surface area contributed by atoms with Crippen molar-refractivity contribution in [3.8, 4) is 0 Å².